The summed E-state index contributed by atoms with van der Waals surface area (Å²) in [5, 5.41) is 14.2. The second-order valence-electron chi connectivity index (χ2n) is 3.76. The third kappa shape index (κ3) is 5.53. The molecule has 0 atom stereocenters. The Kier molecular flexibility index (Phi) is 5.34. The Morgan fingerprint density at radius 2 is 1.95 bits per heavy atom. The quantitative estimate of drug-likeness (QED) is 0.345. The maximum absolute atomic E-state index is 10.7. The van der Waals surface area contributed by atoms with E-state index in [9.17, 15) is 9.59 Å². The zero-order valence-electron chi connectivity index (χ0n) is 10.5. The van der Waals surface area contributed by atoms with Crippen LogP contribution in [0.4, 0.5) is 5.69 Å². The molecule has 0 aliphatic rings. The van der Waals surface area contributed by atoms with Gasteiger partial charge in [0.05, 0.1) is 12.1 Å². The van der Waals surface area contributed by atoms with E-state index in [4.69, 9.17) is 10.8 Å². The summed E-state index contributed by atoms with van der Waals surface area (Å²) in [4.78, 5) is 25.3. The van der Waals surface area contributed by atoms with Gasteiger partial charge < -0.3 is 21.5 Å². The molecule has 1 aromatic carbocycles. The number of nitrogens with zero attached hydrogens (tertiary/aromatic N) is 1. The second kappa shape index (κ2) is 7.00. The van der Waals surface area contributed by atoms with Crippen LogP contribution in [0.1, 0.15) is 17.3 Å². The van der Waals surface area contributed by atoms with E-state index in [2.05, 4.69) is 15.6 Å². The third-order valence-corrected chi connectivity index (χ3v) is 2.17. The molecule has 5 N–H and O–H groups in total. The van der Waals surface area contributed by atoms with Crippen LogP contribution < -0.4 is 16.4 Å². The maximum Gasteiger partial charge on any atom is 0.335 e. The lowest BCUT2D eigenvalue weighted by molar-refractivity contribution is -0.118. The topological polar surface area (TPSA) is 117 Å². The number of nitrogens with two attached hydrogens (primary N) is 1. The van der Waals surface area contributed by atoms with Gasteiger partial charge in [-0.25, -0.2) is 4.79 Å². The van der Waals surface area contributed by atoms with E-state index >= 15 is 0 Å². The Balaban J connectivity index is 2.47. The van der Waals surface area contributed by atoms with E-state index in [0.29, 0.717) is 18.8 Å². The van der Waals surface area contributed by atoms with Gasteiger partial charge in [-0.1, -0.05) is 0 Å². The summed E-state index contributed by atoms with van der Waals surface area (Å²) in [6.07, 6.45) is 0. The predicted octanol–water partition coefficient (Wildman–Crippen LogP) is 0.248. The minimum atomic E-state index is -0.983. The van der Waals surface area contributed by atoms with Crippen LogP contribution in [0.2, 0.25) is 0 Å². The van der Waals surface area contributed by atoms with E-state index in [1.807, 2.05) is 0 Å². The van der Waals surface area contributed by atoms with Crippen molar-refractivity contribution in [1.29, 1.82) is 0 Å². The van der Waals surface area contributed by atoms with Gasteiger partial charge in [-0.3, -0.25) is 9.79 Å². The molecule has 0 saturated heterocycles. The van der Waals surface area contributed by atoms with Crippen molar-refractivity contribution in [3.05, 3.63) is 29.8 Å². The summed E-state index contributed by atoms with van der Waals surface area (Å²) in [5.41, 5.74) is 6.48. The Morgan fingerprint density at radius 3 is 2.47 bits per heavy atom. The van der Waals surface area contributed by atoms with Crippen LogP contribution >= 0.6 is 0 Å². The molecule has 0 aliphatic heterocycles. The van der Waals surface area contributed by atoms with Gasteiger partial charge in [0, 0.05) is 19.2 Å². The highest BCUT2D eigenvalue weighted by molar-refractivity contribution is 5.93. The van der Waals surface area contributed by atoms with Crippen molar-refractivity contribution in [2.75, 3.05) is 18.4 Å². The van der Waals surface area contributed by atoms with Gasteiger partial charge in [0.15, 0.2) is 5.96 Å². The molecule has 0 aliphatic carbocycles. The largest absolute Gasteiger partial charge is 0.478 e. The van der Waals surface area contributed by atoms with Crippen LogP contribution in [0.15, 0.2) is 29.3 Å². The number of carboxylic acids is 1. The van der Waals surface area contributed by atoms with E-state index in [-0.39, 0.29) is 17.4 Å². The van der Waals surface area contributed by atoms with Crippen LogP contribution in [0.5, 0.6) is 0 Å². The van der Waals surface area contributed by atoms with Crippen LogP contribution in [0, 0.1) is 0 Å². The molecule has 0 radical (unpaired) electrons. The molecule has 1 aromatic rings. The van der Waals surface area contributed by atoms with Gasteiger partial charge in [-0.15, -0.1) is 0 Å². The van der Waals surface area contributed by atoms with E-state index in [1.165, 1.54) is 19.1 Å². The van der Waals surface area contributed by atoms with Crippen molar-refractivity contribution in [1.82, 2.24) is 5.32 Å². The lowest BCUT2D eigenvalue weighted by Gasteiger charge is -2.06. The van der Waals surface area contributed by atoms with Crippen LogP contribution in [0.25, 0.3) is 0 Å². The van der Waals surface area contributed by atoms with Gasteiger partial charge in [-0.05, 0) is 24.3 Å². The van der Waals surface area contributed by atoms with Crippen LogP contribution in [-0.4, -0.2) is 36.0 Å². The van der Waals surface area contributed by atoms with Gasteiger partial charge in [0.2, 0.25) is 5.91 Å². The first-order chi connectivity index (χ1) is 8.99. The number of amides is 1. The van der Waals surface area contributed by atoms with Gasteiger partial charge in [-0.2, -0.15) is 0 Å². The van der Waals surface area contributed by atoms with Crippen molar-refractivity contribution in [3.63, 3.8) is 0 Å². The van der Waals surface area contributed by atoms with Crippen LogP contribution in [0.3, 0.4) is 0 Å². The monoisotopic (exact) mass is 264 g/mol. The van der Waals surface area contributed by atoms with Gasteiger partial charge in [0.25, 0.3) is 0 Å². The molecular formula is C12H16N4O3. The Morgan fingerprint density at radius 1 is 1.32 bits per heavy atom. The summed E-state index contributed by atoms with van der Waals surface area (Å²) >= 11 is 0. The number of carbonyl (C=O) groups is 2. The normalized spacial score (nSPS) is 10.9. The molecule has 1 rings (SSSR count). The molecule has 102 valence electrons. The Hall–Kier alpha value is -2.57. The maximum atomic E-state index is 10.7. The number of aliphatic imine (C=N–C) groups is 1. The molecule has 0 saturated carbocycles. The first kappa shape index (κ1) is 14.5. The minimum absolute atomic E-state index is 0.119. The molecule has 0 unspecified atom stereocenters. The van der Waals surface area contributed by atoms with Crippen molar-refractivity contribution in [2.24, 2.45) is 10.7 Å². The first-order valence-electron chi connectivity index (χ1n) is 5.64. The van der Waals surface area contributed by atoms with Crippen LogP contribution in [-0.2, 0) is 4.79 Å². The summed E-state index contributed by atoms with van der Waals surface area (Å²) in [7, 11) is 0. The number of guanidine groups is 1. The number of anilines is 1. The molecule has 0 aromatic heterocycles. The highest BCUT2D eigenvalue weighted by Crippen LogP contribution is 2.08. The lowest BCUT2D eigenvalue weighted by Crippen LogP contribution is -2.26. The number of carboxylic acid groups (broad SMARTS) is 1. The second-order valence-corrected chi connectivity index (χ2v) is 3.76. The average Bonchev–Trinajstić information content (AvgIpc) is 2.35. The molecular weight excluding hydrogens is 248 g/mol. The summed E-state index contributed by atoms with van der Waals surface area (Å²) < 4.78 is 0. The number of aromatic carboxylic acids is 1. The van der Waals surface area contributed by atoms with Crippen molar-refractivity contribution < 1.29 is 14.7 Å². The number of carbonyl (C=O) groups excluding carboxylic acids is 1. The lowest BCUT2D eigenvalue weighted by atomic mass is 10.2. The number of benzene rings is 1. The zero-order chi connectivity index (χ0) is 14.3. The fraction of sp³-hybridized carbons (Fsp3) is 0.250. The predicted molar refractivity (Wildman–Crippen MR) is 72.2 cm³/mol. The van der Waals surface area contributed by atoms with Crippen molar-refractivity contribution in [2.45, 2.75) is 6.92 Å². The number of hydrogen-bond acceptors (Lipinski definition) is 3. The first-order valence-corrected chi connectivity index (χ1v) is 5.64. The van der Waals surface area contributed by atoms with Gasteiger partial charge in [0.1, 0.15) is 0 Å². The smallest absolute Gasteiger partial charge is 0.335 e. The molecule has 7 heteroatoms. The molecule has 1 amide bonds. The van der Waals surface area contributed by atoms with E-state index in [0.717, 1.165) is 0 Å². The molecule has 7 nitrogen and oxygen atoms in total. The van der Waals surface area contributed by atoms with E-state index in [1.54, 1.807) is 12.1 Å². The number of rotatable bonds is 5. The molecule has 0 bridgehead atoms. The van der Waals surface area contributed by atoms with Crippen molar-refractivity contribution in [3.8, 4) is 0 Å². The average molecular weight is 264 g/mol. The zero-order valence-corrected chi connectivity index (χ0v) is 10.5. The SMILES string of the molecule is CC(=O)NCCN=C(N)Nc1ccc(C(=O)O)cc1. The number of hydrogen-bond donors (Lipinski definition) is 4. The fourth-order valence-electron chi connectivity index (χ4n) is 1.29. The molecule has 0 heterocycles. The Bertz CT molecular complexity index is 482. The molecule has 19 heavy (non-hydrogen) atoms. The summed E-state index contributed by atoms with van der Waals surface area (Å²) in [6, 6.07) is 6.13. The highest BCUT2D eigenvalue weighted by atomic mass is 16.4. The van der Waals surface area contributed by atoms with Gasteiger partial charge >= 0.3 is 5.97 Å². The van der Waals surface area contributed by atoms with Crippen molar-refractivity contribution >= 4 is 23.5 Å². The molecule has 0 spiro atoms. The minimum Gasteiger partial charge on any atom is -0.478 e. The summed E-state index contributed by atoms with van der Waals surface area (Å²) in [5.74, 6) is -0.900. The molecule has 0 fully saturated rings. The number of nitrogens with one attached hydrogen (secondary N) is 2. The van der Waals surface area contributed by atoms with E-state index < -0.39 is 5.97 Å². The third-order valence-electron chi connectivity index (χ3n) is 2.17. The highest BCUT2D eigenvalue weighted by Gasteiger charge is 2.01. The fourth-order valence-corrected chi connectivity index (χ4v) is 1.29. The standard InChI is InChI=1S/C12H16N4O3/c1-8(17)14-6-7-15-12(13)16-10-4-2-9(3-5-10)11(18)19/h2-5H,6-7H2,1H3,(H,14,17)(H,18,19)(H3,13,15,16). The Labute approximate surface area is 110 Å². The summed E-state index contributed by atoms with van der Waals surface area (Å²) in [6.45, 7) is 2.20.